The second-order valence-electron chi connectivity index (χ2n) is 3.61. The Morgan fingerprint density at radius 2 is 2.36 bits per heavy atom. The van der Waals surface area contributed by atoms with Crippen molar-refractivity contribution in [3.05, 3.63) is 18.0 Å². The maximum absolute atomic E-state index is 10.2. The number of nitrogens with zero attached hydrogens (tertiary/aromatic N) is 2. The number of aromatic nitrogens is 2. The molecule has 80 valence electrons. The molecule has 1 aromatic rings. The Bertz CT molecular complexity index is 294. The predicted molar refractivity (Wildman–Crippen MR) is 53.9 cm³/mol. The van der Waals surface area contributed by atoms with Crippen LogP contribution in [0, 0.1) is 0 Å². The quantitative estimate of drug-likeness (QED) is 0.789. The van der Waals surface area contributed by atoms with Crippen molar-refractivity contribution >= 4 is 0 Å². The second kappa shape index (κ2) is 4.11. The highest BCUT2D eigenvalue weighted by Gasteiger charge is 2.31. The van der Waals surface area contributed by atoms with E-state index in [0.717, 1.165) is 12.1 Å². The van der Waals surface area contributed by atoms with Crippen LogP contribution in [-0.2, 0) is 16.9 Å². The molecular weight excluding hydrogens is 180 g/mol. The summed E-state index contributed by atoms with van der Waals surface area (Å²) in [4.78, 5) is 0. The van der Waals surface area contributed by atoms with Crippen LogP contribution in [0.15, 0.2) is 12.4 Å². The van der Waals surface area contributed by atoms with Crippen LogP contribution in [-0.4, -0.2) is 28.1 Å². The van der Waals surface area contributed by atoms with E-state index in [2.05, 4.69) is 5.10 Å². The van der Waals surface area contributed by atoms with Gasteiger partial charge in [0.1, 0.15) is 5.60 Å². The third kappa shape index (κ3) is 1.96. The van der Waals surface area contributed by atoms with Gasteiger partial charge in [-0.25, -0.2) is 0 Å². The molecule has 0 aromatic carbocycles. The van der Waals surface area contributed by atoms with Gasteiger partial charge >= 0.3 is 0 Å². The average Bonchev–Trinajstić information content (AvgIpc) is 2.65. The molecule has 0 fully saturated rings. The number of rotatable bonds is 4. The first kappa shape index (κ1) is 11.2. The van der Waals surface area contributed by atoms with E-state index in [1.165, 1.54) is 0 Å². The van der Waals surface area contributed by atoms with Gasteiger partial charge in [0, 0.05) is 25.4 Å². The van der Waals surface area contributed by atoms with E-state index in [0.29, 0.717) is 0 Å². The summed E-state index contributed by atoms with van der Waals surface area (Å²) in [6, 6.07) is 0. The molecule has 4 nitrogen and oxygen atoms in total. The van der Waals surface area contributed by atoms with Crippen molar-refractivity contribution in [3.8, 4) is 0 Å². The maximum Gasteiger partial charge on any atom is 0.116 e. The first-order valence-electron chi connectivity index (χ1n) is 4.80. The van der Waals surface area contributed by atoms with Crippen molar-refractivity contribution in [1.82, 2.24) is 9.78 Å². The number of aliphatic hydroxyl groups is 1. The zero-order valence-electron chi connectivity index (χ0n) is 9.19. The zero-order valence-corrected chi connectivity index (χ0v) is 9.19. The molecule has 0 spiro atoms. The third-order valence-corrected chi connectivity index (χ3v) is 2.69. The molecule has 1 rings (SSSR count). The molecule has 0 radical (unpaired) electrons. The number of methoxy groups -OCH3 is 1. The van der Waals surface area contributed by atoms with Gasteiger partial charge < -0.3 is 9.84 Å². The van der Waals surface area contributed by atoms with Crippen molar-refractivity contribution < 1.29 is 9.84 Å². The number of hydrogen-bond acceptors (Lipinski definition) is 3. The summed E-state index contributed by atoms with van der Waals surface area (Å²) < 4.78 is 6.91. The Kier molecular flexibility index (Phi) is 3.29. The van der Waals surface area contributed by atoms with Gasteiger partial charge in [-0.1, -0.05) is 0 Å². The summed E-state index contributed by atoms with van der Waals surface area (Å²) in [6.07, 6.45) is 3.27. The van der Waals surface area contributed by atoms with Gasteiger partial charge in [0.2, 0.25) is 0 Å². The van der Waals surface area contributed by atoms with Crippen LogP contribution in [0.2, 0.25) is 0 Å². The second-order valence-corrected chi connectivity index (χ2v) is 3.61. The lowest BCUT2D eigenvalue weighted by Gasteiger charge is -2.27. The minimum atomic E-state index is -0.984. The molecule has 4 heteroatoms. The van der Waals surface area contributed by atoms with E-state index < -0.39 is 5.60 Å². The first-order chi connectivity index (χ1) is 6.52. The Labute approximate surface area is 84.5 Å². The summed E-state index contributed by atoms with van der Waals surface area (Å²) >= 11 is 0. The molecule has 1 aromatic heterocycles. The van der Waals surface area contributed by atoms with E-state index in [4.69, 9.17) is 4.74 Å². The molecule has 0 saturated carbocycles. The molecule has 0 aliphatic carbocycles. The van der Waals surface area contributed by atoms with E-state index in [1.54, 1.807) is 24.9 Å². The Balaban J connectivity index is 2.91. The lowest BCUT2D eigenvalue weighted by Crippen LogP contribution is -2.35. The molecule has 2 atom stereocenters. The molecule has 0 saturated heterocycles. The van der Waals surface area contributed by atoms with Gasteiger partial charge in [-0.15, -0.1) is 0 Å². The van der Waals surface area contributed by atoms with Crippen LogP contribution in [0.5, 0.6) is 0 Å². The van der Waals surface area contributed by atoms with Gasteiger partial charge in [-0.3, -0.25) is 4.68 Å². The van der Waals surface area contributed by atoms with Crippen LogP contribution in [0.3, 0.4) is 0 Å². The maximum atomic E-state index is 10.2. The molecule has 2 unspecified atom stereocenters. The average molecular weight is 198 g/mol. The van der Waals surface area contributed by atoms with Crippen LogP contribution < -0.4 is 0 Å². The van der Waals surface area contributed by atoms with Crippen molar-refractivity contribution in [1.29, 1.82) is 0 Å². The summed E-state index contributed by atoms with van der Waals surface area (Å²) in [7, 11) is 1.59. The Morgan fingerprint density at radius 3 is 2.79 bits per heavy atom. The summed E-state index contributed by atoms with van der Waals surface area (Å²) in [5.41, 5.74) is -0.198. The number of ether oxygens (including phenoxy) is 1. The summed E-state index contributed by atoms with van der Waals surface area (Å²) in [5.74, 6) is 0. The van der Waals surface area contributed by atoms with E-state index in [-0.39, 0.29) is 6.10 Å². The molecule has 1 N–H and O–H groups in total. The largest absolute Gasteiger partial charge is 0.383 e. The lowest BCUT2D eigenvalue weighted by atomic mass is 9.94. The van der Waals surface area contributed by atoms with Crippen LogP contribution in [0.1, 0.15) is 26.3 Å². The first-order valence-corrected chi connectivity index (χ1v) is 4.80. The summed E-state index contributed by atoms with van der Waals surface area (Å²) in [5, 5.41) is 14.3. The van der Waals surface area contributed by atoms with E-state index in [1.807, 2.05) is 20.0 Å². The van der Waals surface area contributed by atoms with Gasteiger partial charge in [0.15, 0.2) is 0 Å². The van der Waals surface area contributed by atoms with E-state index in [9.17, 15) is 5.11 Å². The molecule has 1 heterocycles. The van der Waals surface area contributed by atoms with Gasteiger partial charge in [0.05, 0.1) is 12.3 Å². The standard InChI is InChI=1S/C10H18N2O2/c1-5-12-7-9(6-11-12)10(3,13)8(2)14-4/h6-8,13H,5H2,1-4H3. The highest BCUT2D eigenvalue weighted by molar-refractivity contribution is 5.15. The zero-order chi connectivity index (χ0) is 10.8. The molecule has 0 aliphatic heterocycles. The van der Waals surface area contributed by atoms with Crippen LogP contribution >= 0.6 is 0 Å². The predicted octanol–water partition coefficient (Wildman–Crippen LogP) is 1.15. The van der Waals surface area contributed by atoms with Gasteiger partial charge in [0.25, 0.3) is 0 Å². The highest BCUT2D eigenvalue weighted by Crippen LogP contribution is 2.25. The fourth-order valence-electron chi connectivity index (χ4n) is 1.26. The normalized spacial score (nSPS) is 17.8. The fourth-order valence-corrected chi connectivity index (χ4v) is 1.26. The molecular formula is C10H18N2O2. The monoisotopic (exact) mass is 198 g/mol. The molecule has 14 heavy (non-hydrogen) atoms. The van der Waals surface area contributed by atoms with Gasteiger partial charge in [-0.05, 0) is 20.8 Å². The van der Waals surface area contributed by atoms with Gasteiger partial charge in [-0.2, -0.15) is 5.10 Å². The molecule has 0 aliphatic rings. The van der Waals surface area contributed by atoms with Crippen LogP contribution in [0.4, 0.5) is 0 Å². The van der Waals surface area contributed by atoms with Crippen molar-refractivity contribution in [2.75, 3.05) is 7.11 Å². The number of hydrogen-bond donors (Lipinski definition) is 1. The van der Waals surface area contributed by atoms with Crippen molar-refractivity contribution in [2.24, 2.45) is 0 Å². The Hall–Kier alpha value is -0.870. The highest BCUT2D eigenvalue weighted by atomic mass is 16.5. The van der Waals surface area contributed by atoms with E-state index >= 15 is 0 Å². The van der Waals surface area contributed by atoms with Crippen molar-refractivity contribution in [3.63, 3.8) is 0 Å². The summed E-state index contributed by atoms with van der Waals surface area (Å²) in [6.45, 7) is 6.38. The SMILES string of the molecule is CCn1cc(C(C)(O)C(C)OC)cn1. The third-order valence-electron chi connectivity index (χ3n) is 2.69. The van der Waals surface area contributed by atoms with Crippen LogP contribution in [0.25, 0.3) is 0 Å². The molecule has 0 bridgehead atoms. The minimum absolute atomic E-state index is 0.253. The smallest absolute Gasteiger partial charge is 0.116 e. The topological polar surface area (TPSA) is 47.3 Å². The van der Waals surface area contributed by atoms with Crippen molar-refractivity contribution in [2.45, 2.75) is 39.0 Å². The number of aryl methyl sites for hydroxylation is 1. The lowest BCUT2D eigenvalue weighted by molar-refractivity contribution is -0.0772. The fraction of sp³-hybridized carbons (Fsp3) is 0.700. The Morgan fingerprint density at radius 1 is 1.71 bits per heavy atom. The minimum Gasteiger partial charge on any atom is -0.383 e. The molecule has 0 amide bonds.